The van der Waals surface area contributed by atoms with Crippen molar-refractivity contribution in [2.45, 2.75) is 6.18 Å². The van der Waals surface area contributed by atoms with E-state index in [2.05, 4.69) is 52.5 Å². The van der Waals surface area contributed by atoms with Crippen LogP contribution in [0.2, 0.25) is 5.02 Å². The minimum absolute atomic E-state index is 0.00135. The van der Waals surface area contributed by atoms with E-state index in [9.17, 15) is 22.8 Å². The van der Waals surface area contributed by atoms with E-state index in [1.165, 1.54) is 31.5 Å². The van der Waals surface area contributed by atoms with Gasteiger partial charge in [0.15, 0.2) is 5.82 Å². The van der Waals surface area contributed by atoms with E-state index in [0.29, 0.717) is 21.3 Å². The number of ether oxygens (including phenoxy) is 1. The summed E-state index contributed by atoms with van der Waals surface area (Å²) in [6.07, 6.45) is -3.26. The van der Waals surface area contributed by atoms with Gasteiger partial charge in [-0.2, -0.15) is 13.2 Å². The zero-order chi connectivity index (χ0) is 28.0. The number of nitrogens with one attached hydrogen (secondary N) is 2. The van der Waals surface area contributed by atoms with E-state index < -0.39 is 29.4 Å². The van der Waals surface area contributed by atoms with Gasteiger partial charge in [-0.25, -0.2) is 9.98 Å². The Bertz CT molecular complexity index is 1450. The summed E-state index contributed by atoms with van der Waals surface area (Å²) in [4.78, 5) is 34.1. The van der Waals surface area contributed by atoms with Crippen molar-refractivity contribution in [3.8, 4) is 0 Å². The quantitative estimate of drug-likeness (QED) is 0.203. The number of methoxy groups -OCH3 is 1. The maximum absolute atomic E-state index is 13.3. The molecule has 0 fully saturated rings. The molecule has 0 aliphatic rings. The first-order chi connectivity index (χ1) is 17.9. The second-order valence-electron chi connectivity index (χ2n) is 7.58. The minimum atomic E-state index is -4.93. The van der Waals surface area contributed by atoms with Gasteiger partial charge in [-0.1, -0.05) is 33.6 Å². The fourth-order valence-electron chi connectivity index (χ4n) is 3.13. The number of rotatable bonds is 8. The molecule has 0 aliphatic heterocycles. The molecule has 0 aliphatic carbocycles. The summed E-state index contributed by atoms with van der Waals surface area (Å²) in [5, 5.41) is 6.42. The SMILES string of the molecule is COCCNC(=O)c1cc2cc(Br)ccc2c(Br)c1NC(=O)C(C=C(N)C(F)(F)F)=Nc1ncccc1Cl. The highest BCUT2D eigenvalue weighted by Gasteiger charge is 2.32. The van der Waals surface area contributed by atoms with Crippen LogP contribution in [0.25, 0.3) is 10.8 Å². The molecule has 1 aromatic heterocycles. The Labute approximate surface area is 236 Å². The molecular weight excluding hydrogens is 659 g/mol. The van der Waals surface area contributed by atoms with Crippen LogP contribution in [0.4, 0.5) is 24.7 Å². The highest BCUT2D eigenvalue weighted by molar-refractivity contribution is 9.11. The monoisotopic (exact) mass is 675 g/mol. The lowest BCUT2D eigenvalue weighted by Crippen LogP contribution is -2.30. The van der Waals surface area contributed by atoms with E-state index in [1.807, 2.05) is 0 Å². The third kappa shape index (κ3) is 7.31. The molecule has 2 amide bonds. The van der Waals surface area contributed by atoms with Gasteiger partial charge in [-0.05, 0) is 63.1 Å². The Morgan fingerprint density at radius 1 is 1.24 bits per heavy atom. The van der Waals surface area contributed by atoms with Crippen molar-refractivity contribution in [2.75, 3.05) is 25.6 Å². The maximum Gasteiger partial charge on any atom is 0.430 e. The van der Waals surface area contributed by atoms with Crippen LogP contribution >= 0.6 is 43.5 Å². The van der Waals surface area contributed by atoms with Crippen LogP contribution in [0.1, 0.15) is 10.4 Å². The van der Waals surface area contributed by atoms with Crippen LogP contribution in [0.5, 0.6) is 0 Å². The molecule has 4 N–H and O–H groups in total. The van der Waals surface area contributed by atoms with Crippen LogP contribution in [0.3, 0.4) is 0 Å². The topological polar surface area (TPSA) is 119 Å². The molecule has 200 valence electrons. The Morgan fingerprint density at radius 2 is 1.97 bits per heavy atom. The fourth-order valence-corrected chi connectivity index (χ4v) is 4.34. The normalized spacial score (nSPS) is 12.5. The van der Waals surface area contributed by atoms with Gasteiger partial charge in [-0.3, -0.25) is 9.59 Å². The van der Waals surface area contributed by atoms with Crippen LogP contribution in [0, 0.1) is 0 Å². The van der Waals surface area contributed by atoms with Gasteiger partial charge in [-0.15, -0.1) is 0 Å². The van der Waals surface area contributed by atoms with Crippen LogP contribution in [0.15, 0.2) is 68.3 Å². The van der Waals surface area contributed by atoms with E-state index >= 15 is 0 Å². The second-order valence-corrected chi connectivity index (χ2v) is 9.70. The first-order valence-electron chi connectivity index (χ1n) is 10.7. The van der Waals surface area contributed by atoms with Crippen molar-refractivity contribution in [3.63, 3.8) is 0 Å². The largest absolute Gasteiger partial charge is 0.430 e. The number of allylic oxidation sites excluding steroid dienone is 1. The summed E-state index contributed by atoms with van der Waals surface area (Å²) in [6.45, 7) is 0.406. The number of nitrogens with zero attached hydrogens (tertiary/aromatic N) is 2. The van der Waals surface area contributed by atoms with Crippen LogP contribution in [-0.4, -0.2) is 48.9 Å². The highest BCUT2D eigenvalue weighted by Crippen LogP contribution is 2.36. The van der Waals surface area contributed by atoms with Gasteiger partial charge in [0.2, 0.25) is 0 Å². The average molecular weight is 678 g/mol. The number of pyridine rings is 1. The summed E-state index contributed by atoms with van der Waals surface area (Å²) in [7, 11) is 1.47. The second kappa shape index (κ2) is 12.7. The number of hydrogen-bond acceptors (Lipinski definition) is 6. The molecule has 0 atom stereocenters. The van der Waals surface area contributed by atoms with Crippen molar-refractivity contribution in [1.29, 1.82) is 0 Å². The molecule has 14 heteroatoms. The van der Waals surface area contributed by atoms with E-state index in [4.69, 9.17) is 22.1 Å². The molecule has 0 radical (unpaired) electrons. The average Bonchev–Trinajstić information content (AvgIpc) is 2.85. The zero-order valence-corrected chi connectivity index (χ0v) is 23.4. The summed E-state index contributed by atoms with van der Waals surface area (Å²) in [5.41, 5.74) is 2.89. The minimum Gasteiger partial charge on any atom is -0.395 e. The summed E-state index contributed by atoms with van der Waals surface area (Å²) < 4.78 is 45.6. The van der Waals surface area contributed by atoms with Crippen molar-refractivity contribution >= 4 is 83.3 Å². The van der Waals surface area contributed by atoms with Crippen LogP contribution in [-0.2, 0) is 9.53 Å². The van der Waals surface area contributed by atoms with Crippen LogP contribution < -0.4 is 16.4 Å². The highest BCUT2D eigenvalue weighted by atomic mass is 79.9. The van der Waals surface area contributed by atoms with Crippen molar-refractivity contribution in [1.82, 2.24) is 10.3 Å². The predicted molar refractivity (Wildman–Crippen MR) is 147 cm³/mol. The molecule has 3 rings (SSSR count). The number of aliphatic imine (C=N–C) groups is 1. The van der Waals surface area contributed by atoms with Crippen molar-refractivity contribution in [2.24, 2.45) is 10.7 Å². The third-order valence-corrected chi connectivity index (χ3v) is 6.54. The third-order valence-electron chi connectivity index (χ3n) is 4.93. The summed E-state index contributed by atoms with van der Waals surface area (Å²) in [5.74, 6) is -1.86. The van der Waals surface area contributed by atoms with Crippen molar-refractivity contribution in [3.05, 3.63) is 73.9 Å². The van der Waals surface area contributed by atoms with Gasteiger partial charge in [0.1, 0.15) is 11.4 Å². The first kappa shape index (κ1) is 29.6. The van der Waals surface area contributed by atoms with Crippen molar-refractivity contribution < 1.29 is 27.5 Å². The van der Waals surface area contributed by atoms with Gasteiger partial charge in [0.05, 0.1) is 22.9 Å². The van der Waals surface area contributed by atoms with E-state index in [0.717, 1.165) is 4.47 Å². The zero-order valence-electron chi connectivity index (χ0n) is 19.5. The molecular formula is C24H19Br2ClF3N5O3. The molecule has 0 unspecified atom stereocenters. The Kier molecular flexibility index (Phi) is 9.88. The number of nitrogens with two attached hydrogens (primary N) is 1. The summed E-state index contributed by atoms with van der Waals surface area (Å²) in [6, 6.07) is 9.67. The van der Waals surface area contributed by atoms with E-state index in [-0.39, 0.29) is 35.2 Å². The molecule has 0 bridgehead atoms. The lowest BCUT2D eigenvalue weighted by atomic mass is 10.0. The van der Waals surface area contributed by atoms with E-state index in [1.54, 1.807) is 18.2 Å². The van der Waals surface area contributed by atoms with Gasteiger partial charge >= 0.3 is 6.18 Å². The number of halogens is 6. The number of alkyl halides is 3. The number of carbonyl (C=O) groups is 2. The molecule has 0 saturated carbocycles. The summed E-state index contributed by atoms with van der Waals surface area (Å²) >= 11 is 12.8. The number of amides is 2. The smallest absolute Gasteiger partial charge is 0.395 e. The Balaban J connectivity index is 2.14. The molecule has 3 aromatic rings. The maximum atomic E-state index is 13.3. The molecule has 1 heterocycles. The number of aromatic nitrogens is 1. The molecule has 8 nitrogen and oxygen atoms in total. The van der Waals surface area contributed by atoms with Gasteiger partial charge in [0, 0.05) is 28.8 Å². The first-order valence-corrected chi connectivity index (χ1v) is 12.6. The fraction of sp³-hybridized carbons (Fsp3) is 0.167. The molecule has 0 saturated heterocycles. The number of hydrogen-bond donors (Lipinski definition) is 3. The number of anilines is 1. The standard InChI is InChI=1S/C24H19Br2ClF3N5O3/c1-38-8-7-33-22(36)15-10-12-9-13(25)4-5-14(12)19(26)20(15)35-23(37)17(11-18(31)24(28,29)30)34-21-16(27)3-2-6-32-21/h2-6,9-11H,7-8,31H2,1H3,(H,33,36)(H,35,37). The van der Waals surface area contributed by atoms with Gasteiger partial charge in [0.25, 0.3) is 11.8 Å². The predicted octanol–water partition coefficient (Wildman–Crippen LogP) is 5.91. The lowest BCUT2D eigenvalue weighted by molar-refractivity contribution is -0.110. The Morgan fingerprint density at radius 3 is 2.63 bits per heavy atom. The number of benzene rings is 2. The molecule has 0 spiro atoms. The van der Waals surface area contributed by atoms with Gasteiger partial charge < -0.3 is 21.1 Å². The lowest BCUT2D eigenvalue weighted by Gasteiger charge is -2.16. The Hall–Kier alpha value is -3.00. The number of fused-ring (bicyclic) bond motifs is 1. The number of carbonyl (C=O) groups excluding carboxylic acids is 2. The molecule has 38 heavy (non-hydrogen) atoms. The molecule has 2 aromatic carbocycles.